The molecule has 2 aromatic heterocycles. The first-order valence-electron chi connectivity index (χ1n) is 11.1. The summed E-state index contributed by atoms with van der Waals surface area (Å²) >= 11 is 0. The summed E-state index contributed by atoms with van der Waals surface area (Å²) < 4.78 is 1.91. The SMILES string of the molecule is CC(=O)NCC1CCC(c2nc(C3Cc4cccc(C)c4N3)c3c(N)ncnn23)CC1. The summed E-state index contributed by atoms with van der Waals surface area (Å²) in [5.41, 5.74) is 11.8. The van der Waals surface area contributed by atoms with Crippen LogP contribution in [0.1, 0.15) is 67.2 Å². The van der Waals surface area contributed by atoms with Gasteiger partial charge in [0.05, 0.1) is 11.7 Å². The van der Waals surface area contributed by atoms with Gasteiger partial charge in [-0.15, -0.1) is 0 Å². The molecular weight excluding hydrogens is 390 g/mol. The normalized spacial score (nSPS) is 22.8. The lowest BCUT2D eigenvalue weighted by Gasteiger charge is -2.27. The average Bonchev–Trinajstić information content (AvgIpc) is 3.36. The van der Waals surface area contributed by atoms with Gasteiger partial charge in [0.1, 0.15) is 17.7 Å². The van der Waals surface area contributed by atoms with E-state index in [9.17, 15) is 4.79 Å². The standard InChI is InChI=1S/C23H29N7O/c1-13-4-3-5-17-10-18(28-19(13)17)20-21-22(24)26-12-27-30(21)23(29-20)16-8-6-15(7-9-16)11-25-14(2)31/h3-5,12,15-16,18,28H,6-11H2,1-2H3,(H,25,31)(H2,24,26,27). The minimum absolute atomic E-state index is 0.0403. The van der Waals surface area contributed by atoms with Crippen LogP contribution < -0.4 is 16.4 Å². The summed E-state index contributed by atoms with van der Waals surface area (Å²) in [6.45, 7) is 4.46. The van der Waals surface area contributed by atoms with Crippen LogP contribution in [-0.2, 0) is 11.2 Å². The number of nitrogens with one attached hydrogen (secondary N) is 2. The molecular formula is C23H29N7O. The number of carbonyl (C=O) groups excluding carboxylic acids is 1. The van der Waals surface area contributed by atoms with E-state index >= 15 is 0 Å². The van der Waals surface area contributed by atoms with Crippen LogP contribution >= 0.6 is 0 Å². The lowest BCUT2D eigenvalue weighted by Crippen LogP contribution is -2.29. The molecule has 1 atom stereocenters. The molecule has 162 valence electrons. The van der Waals surface area contributed by atoms with Crippen LogP contribution in [0, 0.1) is 12.8 Å². The number of imidazole rings is 1. The van der Waals surface area contributed by atoms with Gasteiger partial charge in [0, 0.05) is 31.5 Å². The summed E-state index contributed by atoms with van der Waals surface area (Å²) in [7, 11) is 0. The number of hydrogen-bond acceptors (Lipinski definition) is 6. The molecule has 8 heteroatoms. The number of nitrogens with two attached hydrogens (primary N) is 1. The molecule has 5 rings (SSSR count). The number of para-hydroxylation sites is 1. The van der Waals surface area contributed by atoms with Gasteiger partial charge in [0.15, 0.2) is 5.82 Å². The van der Waals surface area contributed by atoms with E-state index in [1.165, 1.54) is 23.1 Å². The van der Waals surface area contributed by atoms with Gasteiger partial charge in [0.25, 0.3) is 0 Å². The van der Waals surface area contributed by atoms with E-state index < -0.39 is 0 Å². The summed E-state index contributed by atoms with van der Waals surface area (Å²) in [6.07, 6.45) is 6.60. The van der Waals surface area contributed by atoms with E-state index in [-0.39, 0.29) is 11.9 Å². The number of aromatic nitrogens is 4. The maximum Gasteiger partial charge on any atom is 0.216 e. The summed E-state index contributed by atoms with van der Waals surface area (Å²) in [4.78, 5) is 20.6. The molecule has 1 saturated carbocycles. The highest BCUT2D eigenvalue weighted by molar-refractivity contribution is 5.73. The van der Waals surface area contributed by atoms with Gasteiger partial charge < -0.3 is 16.4 Å². The Labute approximate surface area is 181 Å². The van der Waals surface area contributed by atoms with Crippen molar-refractivity contribution in [3.63, 3.8) is 0 Å². The Bertz CT molecular complexity index is 1130. The van der Waals surface area contributed by atoms with Crippen molar-refractivity contribution in [2.75, 3.05) is 17.6 Å². The molecule has 1 unspecified atom stereocenters. The molecule has 2 aliphatic rings. The fourth-order valence-electron chi connectivity index (χ4n) is 5.14. The summed E-state index contributed by atoms with van der Waals surface area (Å²) in [5, 5.41) is 11.2. The molecule has 1 aliphatic carbocycles. The van der Waals surface area contributed by atoms with Crippen LogP contribution in [0.4, 0.5) is 11.5 Å². The predicted octanol–water partition coefficient (Wildman–Crippen LogP) is 3.13. The van der Waals surface area contributed by atoms with Crippen molar-refractivity contribution < 1.29 is 4.79 Å². The molecule has 0 bridgehead atoms. The minimum Gasteiger partial charge on any atom is -0.382 e. The van der Waals surface area contributed by atoms with Gasteiger partial charge in [-0.1, -0.05) is 18.2 Å². The molecule has 0 saturated heterocycles. The zero-order valence-corrected chi connectivity index (χ0v) is 18.1. The number of hydrogen-bond donors (Lipinski definition) is 3. The maximum absolute atomic E-state index is 11.2. The third kappa shape index (κ3) is 3.60. The number of aryl methyl sites for hydroxylation is 1. The molecule has 1 aromatic carbocycles. The monoisotopic (exact) mass is 419 g/mol. The van der Waals surface area contributed by atoms with Crippen LogP contribution in [0.15, 0.2) is 24.5 Å². The molecule has 3 aromatic rings. The van der Waals surface area contributed by atoms with Crippen LogP contribution in [-0.4, -0.2) is 32.0 Å². The third-order valence-electron chi connectivity index (χ3n) is 6.80. The van der Waals surface area contributed by atoms with Gasteiger partial charge in [-0.05, 0) is 49.7 Å². The Hall–Kier alpha value is -3.16. The second-order valence-electron chi connectivity index (χ2n) is 8.93. The third-order valence-corrected chi connectivity index (χ3v) is 6.80. The number of fused-ring (bicyclic) bond motifs is 2. The van der Waals surface area contributed by atoms with Crippen LogP contribution in [0.3, 0.4) is 0 Å². The molecule has 1 amide bonds. The Balaban J connectivity index is 1.43. The van der Waals surface area contributed by atoms with E-state index in [4.69, 9.17) is 10.7 Å². The first kappa shape index (κ1) is 19.8. The quantitative estimate of drug-likeness (QED) is 0.599. The van der Waals surface area contributed by atoms with Crippen molar-refractivity contribution in [2.24, 2.45) is 5.92 Å². The molecule has 1 aliphatic heterocycles. The zero-order chi connectivity index (χ0) is 21.5. The van der Waals surface area contributed by atoms with Crippen LogP contribution in [0.25, 0.3) is 5.52 Å². The number of rotatable bonds is 4. The molecule has 31 heavy (non-hydrogen) atoms. The molecule has 0 spiro atoms. The van der Waals surface area contributed by atoms with Crippen molar-refractivity contribution in [3.8, 4) is 0 Å². The van der Waals surface area contributed by atoms with E-state index in [1.54, 1.807) is 6.92 Å². The smallest absolute Gasteiger partial charge is 0.216 e. The van der Waals surface area contributed by atoms with E-state index in [2.05, 4.69) is 45.8 Å². The van der Waals surface area contributed by atoms with Gasteiger partial charge >= 0.3 is 0 Å². The summed E-state index contributed by atoms with van der Waals surface area (Å²) in [6, 6.07) is 6.46. The number of anilines is 2. The Morgan fingerprint density at radius 1 is 1.29 bits per heavy atom. The second-order valence-corrected chi connectivity index (χ2v) is 8.93. The number of nitrogens with zero attached hydrogens (tertiary/aromatic N) is 4. The van der Waals surface area contributed by atoms with E-state index in [0.29, 0.717) is 17.7 Å². The number of carbonyl (C=O) groups is 1. The fraction of sp³-hybridized carbons (Fsp3) is 0.478. The van der Waals surface area contributed by atoms with Gasteiger partial charge in [0.2, 0.25) is 5.91 Å². The van der Waals surface area contributed by atoms with Crippen molar-refractivity contribution in [1.82, 2.24) is 24.9 Å². The van der Waals surface area contributed by atoms with E-state index in [1.807, 2.05) is 4.52 Å². The first-order valence-corrected chi connectivity index (χ1v) is 11.1. The number of nitrogen functional groups attached to an aromatic ring is 1. The summed E-state index contributed by atoms with van der Waals surface area (Å²) in [5.74, 6) is 2.34. The fourth-order valence-corrected chi connectivity index (χ4v) is 5.14. The van der Waals surface area contributed by atoms with Crippen LogP contribution in [0.5, 0.6) is 0 Å². The Morgan fingerprint density at radius 2 is 2.10 bits per heavy atom. The Kier molecular flexibility index (Phi) is 5.00. The van der Waals surface area contributed by atoms with Crippen molar-refractivity contribution in [3.05, 3.63) is 47.2 Å². The van der Waals surface area contributed by atoms with Gasteiger partial charge in [-0.3, -0.25) is 4.79 Å². The second kappa shape index (κ2) is 7.83. The lowest BCUT2D eigenvalue weighted by atomic mass is 9.81. The number of benzene rings is 1. The van der Waals surface area contributed by atoms with Crippen molar-refractivity contribution in [1.29, 1.82) is 0 Å². The molecule has 1 fully saturated rings. The van der Waals surface area contributed by atoms with Crippen LogP contribution in [0.2, 0.25) is 0 Å². The maximum atomic E-state index is 11.2. The zero-order valence-electron chi connectivity index (χ0n) is 18.1. The predicted molar refractivity (Wildman–Crippen MR) is 120 cm³/mol. The highest BCUT2D eigenvalue weighted by Crippen LogP contribution is 2.41. The molecule has 3 heterocycles. The van der Waals surface area contributed by atoms with E-state index in [0.717, 1.165) is 55.7 Å². The first-order chi connectivity index (χ1) is 15.0. The van der Waals surface area contributed by atoms with Gasteiger partial charge in [-0.2, -0.15) is 5.10 Å². The average molecular weight is 420 g/mol. The largest absolute Gasteiger partial charge is 0.382 e. The van der Waals surface area contributed by atoms with Crippen molar-refractivity contribution in [2.45, 2.75) is 57.9 Å². The molecule has 0 radical (unpaired) electrons. The minimum atomic E-state index is 0.0403. The van der Waals surface area contributed by atoms with Gasteiger partial charge in [-0.25, -0.2) is 14.5 Å². The number of amides is 1. The highest BCUT2D eigenvalue weighted by atomic mass is 16.1. The topological polar surface area (TPSA) is 110 Å². The molecule has 4 N–H and O–H groups in total. The Morgan fingerprint density at radius 3 is 2.84 bits per heavy atom. The lowest BCUT2D eigenvalue weighted by molar-refractivity contribution is -0.119. The highest BCUT2D eigenvalue weighted by Gasteiger charge is 2.32. The van der Waals surface area contributed by atoms with Crippen molar-refractivity contribution >= 4 is 22.9 Å². The molecule has 8 nitrogen and oxygen atoms in total.